The molecule has 0 aromatic heterocycles. The van der Waals surface area contributed by atoms with Gasteiger partial charge in [-0.25, -0.2) is 4.90 Å². The predicted octanol–water partition coefficient (Wildman–Crippen LogP) is 4.51. The quantitative estimate of drug-likeness (QED) is 0.593. The highest BCUT2D eigenvalue weighted by molar-refractivity contribution is 9.10. The summed E-state index contributed by atoms with van der Waals surface area (Å²) in [7, 11) is 1.54. The van der Waals surface area contributed by atoms with Crippen molar-refractivity contribution in [3.05, 3.63) is 87.9 Å². The van der Waals surface area contributed by atoms with Crippen molar-refractivity contribution in [2.24, 2.45) is 0 Å². The van der Waals surface area contributed by atoms with Gasteiger partial charge in [-0.05, 0) is 58.4 Å². The summed E-state index contributed by atoms with van der Waals surface area (Å²) < 4.78 is 5.80. The fourth-order valence-electron chi connectivity index (χ4n) is 3.20. The second-order valence-electron chi connectivity index (χ2n) is 6.31. The molecular weight excluding hydrogens is 436 g/mol. The molecule has 0 saturated heterocycles. The van der Waals surface area contributed by atoms with Crippen LogP contribution in [0.25, 0.3) is 0 Å². The van der Waals surface area contributed by atoms with Gasteiger partial charge in [-0.15, -0.1) is 0 Å². The number of para-hydroxylation sites is 1. The lowest BCUT2D eigenvalue weighted by Crippen LogP contribution is -2.29. The van der Waals surface area contributed by atoms with Crippen molar-refractivity contribution < 1.29 is 19.1 Å². The van der Waals surface area contributed by atoms with E-state index in [9.17, 15) is 14.4 Å². The summed E-state index contributed by atoms with van der Waals surface area (Å²) in [6.07, 6.45) is 0. The molecule has 0 bridgehead atoms. The second kappa shape index (κ2) is 7.52. The summed E-state index contributed by atoms with van der Waals surface area (Å²) in [5.41, 5.74) is 1.59. The lowest BCUT2D eigenvalue weighted by Gasteiger charge is -2.14. The Morgan fingerprint density at radius 2 is 1.72 bits per heavy atom. The number of benzene rings is 3. The topological polar surface area (TPSA) is 75.7 Å². The van der Waals surface area contributed by atoms with Crippen LogP contribution in [0, 0.1) is 0 Å². The fourth-order valence-corrected chi connectivity index (χ4v) is 3.74. The van der Waals surface area contributed by atoms with Crippen LogP contribution in [0.2, 0.25) is 0 Å². The van der Waals surface area contributed by atoms with Crippen LogP contribution in [-0.4, -0.2) is 24.8 Å². The fraction of sp³-hybridized carbons (Fsp3) is 0.0455. The van der Waals surface area contributed by atoms with Gasteiger partial charge in [-0.1, -0.05) is 24.3 Å². The lowest BCUT2D eigenvalue weighted by atomic mass is 10.1. The van der Waals surface area contributed by atoms with Gasteiger partial charge in [0.25, 0.3) is 17.7 Å². The van der Waals surface area contributed by atoms with Crippen LogP contribution < -0.4 is 15.0 Å². The zero-order valence-corrected chi connectivity index (χ0v) is 16.9. The van der Waals surface area contributed by atoms with Crippen LogP contribution in [0.3, 0.4) is 0 Å². The van der Waals surface area contributed by atoms with E-state index in [0.29, 0.717) is 21.5 Å². The minimum absolute atomic E-state index is 0.183. The van der Waals surface area contributed by atoms with Crippen LogP contribution in [0.5, 0.6) is 5.75 Å². The normalized spacial score (nSPS) is 12.7. The van der Waals surface area contributed by atoms with E-state index in [1.807, 2.05) is 0 Å². The molecule has 3 aromatic rings. The van der Waals surface area contributed by atoms with Crippen molar-refractivity contribution in [2.75, 3.05) is 17.3 Å². The van der Waals surface area contributed by atoms with Crippen molar-refractivity contribution in [2.45, 2.75) is 0 Å². The number of imide groups is 1. The minimum Gasteiger partial charge on any atom is -0.496 e. The first-order valence-electron chi connectivity index (χ1n) is 8.73. The molecule has 3 aromatic carbocycles. The van der Waals surface area contributed by atoms with Gasteiger partial charge in [-0.3, -0.25) is 14.4 Å². The first-order chi connectivity index (χ1) is 14.0. The van der Waals surface area contributed by atoms with Crippen LogP contribution in [0.1, 0.15) is 31.1 Å². The van der Waals surface area contributed by atoms with Gasteiger partial charge < -0.3 is 10.1 Å². The maximum Gasteiger partial charge on any atom is 0.268 e. The van der Waals surface area contributed by atoms with Crippen molar-refractivity contribution >= 4 is 45.0 Å². The monoisotopic (exact) mass is 450 g/mol. The van der Waals surface area contributed by atoms with Gasteiger partial charge >= 0.3 is 0 Å². The van der Waals surface area contributed by atoms with Crippen LogP contribution in [0.15, 0.2) is 71.2 Å². The molecule has 3 amide bonds. The van der Waals surface area contributed by atoms with E-state index in [0.717, 1.165) is 4.90 Å². The number of carbonyl (C=O) groups excluding carboxylic acids is 3. The molecule has 0 radical (unpaired) electrons. The summed E-state index contributed by atoms with van der Waals surface area (Å²) in [5, 5.41) is 2.75. The van der Waals surface area contributed by atoms with Gasteiger partial charge in [-0.2, -0.15) is 0 Å². The van der Waals surface area contributed by atoms with Gasteiger partial charge in [0.05, 0.1) is 34.1 Å². The van der Waals surface area contributed by atoms with Gasteiger partial charge in [0.2, 0.25) is 0 Å². The maximum atomic E-state index is 13.0. The Kier molecular flexibility index (Phi) is 4.90. The summed E-state index contributed by atoms with van der Waals surface area (Å²) in [4.78, 5) is 39.7. The summed E-state index contributed by atoms with van der Waals surface area (Å²) >= 11 is 3.35. The number of nitrogens with zero attached hydrogens (tertiary/aromatic N) is 1. The molecular formula is C22H15BrN2O4. The number of anilines is 2. The molecule has 0 atom stereocenters. The Morgan fingerprint density at radius 1 is 0.966 bits per heavy atom. The molecule has 1 heterocycles. The summed E-state index contributed by atoms with van der Waals surface area (Å²) in [5.74, 6) is -0.691. The number of hydrogen-bond donors (Lipinski definition) is 1. The van der Waals surface area contributed by atoms with Crippen molar-refractivity contribution in [1.29, 1.82) is 0 Å². The Labute approximate surface area is 175 Å². The van der Waals surface area contributed by atoms with Crippen molar-refractivity contribution in [1.82, 2.24) is 0 Å². The van der Waals surface area contributed by atoms with Crippen molar-refractivity contribution in [3.8, 4) is 5.75 Å². The van der Waals surface area contributed by atoms with Gasteiger partial charge in [0, 0.05) is 5.56 Å². The van der Waals surface area contributed by atoms with E-state index in [4.69, 9.17) is 4.74 Å². The van der Waals surface area contributed by atoms with Gasteiger partial charge in [0.1, 0.15) is 5.75 Å². The molecule has 0 spiro atoms. The molecule has 0 unspecified atom stereocenters. The van der Waals surface area contributed by atoms with E-state index in [1.165, 1.54) is 7.11 Å². The molecule has 0 fully saturated rings. The third kappa shape index (κ3) is 3.30. The Morgan fingerprint density at radius 3 is 2.41 bits per heavy atom. The number of rotatable bonds is 4. The largest absolute Gasteiger partial charge is 0.496 e. The highest BCUT2D eigenvalue weighted by Crippen LogP contribution is 2.33. The number of halogens is 1. The lowest BCUT2D eigenvalue weighted by molar-refractivity contribution is 0.0926. The second-order valence-corrected chi connectivity index (χ2v) is 7.17. The Bertz CT molecular complexity index is 1140. The molecule has 4 rings (SSSR count). The molecule has 7 heteroatoms. The zero-order chi connectivity index (χ0) is 20.5. The van der Waals surface area contributed by atoms with E-state index >= 15 is 0 Å². The number of amides is 3. The molecule has 29 heavy (non-hydrogen) atoms. The molecule has 1 aliphatic rings. The van der Waals surface area contributed by atoms with E-state index < -0.39 is 17.7 Å². The number of methoxy groups -OCH3 is 1. The average Bonchev–Trinajstić information content (AvgIpc) is 2.99. The average molecular weight is 451 g/mol. The van der Waals surface area contributed by atoms with E-state index in [2.05, 4.69) is 21.2 Å². The molecule has 6 nitrogen and oxygen atoms in total. The molecule has 0 saturated carbocycles. The highest BCUT2D eigenvalue weighted by atomic mass is 79.9. The standard InChI is InChI=1S/C22H15BrN2O4/c1-29-18-11-10-13(12-16(18)23)20(26)24-17-9-5-8-15-19(17)22(28)25(21(15)27)14-6-3-2-4-7-14/h2-12H,1H3,(H,24,26). The third-order valence-corrected chi connectivity index (χ3v) is 5.21. The van der Waals surface area contributed by atoms with E-state index in [-0.39, 0.29) is 16.8 Å². The molecule has 0 aliphatic carbocycles. The molecule has 1 aliphatic heterocycles. The minimum atomic E-state index is -0.469. The summed E-state index contributed by atoms with van der Waals surface area (Å²) in [6.45, 7) is 0. The molecule has 144 valence electrons. The van der Waals surface area contributed by atoms with Crippen molar-refractivity contribution in [3.63, 3.8) is 0 Å². The third-order valence-electron chi connectivity index (χ3n) is 4.59. The molecule has 1 N–H and O–H groups in total. The first-order valence-corrected chi connectivity index (χ1v) is 9.52. The maximum absolute atomic E-state index is 13.0. The predicted molar refractivity (Wildman–Crippen MR) is 113 cm³/mol. The van der Waals surface area contributed by atoms with E-state index in [1.54, 1.807) is 66.7 Å². The first kappa shape index (κ1) is 18.9. The SMILES string of the molecule is COc1ccc(C(=O)Nc2cccc3c2C(=O)N(c2ccccc2)C3=O)cc1Br. The number of hydrogen-bond acceptors (Lipinski definition) is 4. The zero-order valence-electron chi connectivity index (χ0n) is 15.3. The van der Waals surface area contributed by atoms with Crippen LogP contribution in [-0.2, 0) is 0 Å². The smallest absolute Gasteiger partial charge is 0.268 e. The Balaban J connectivity index is 1.67. The number of carbonyl (C=O) groups is 3. The number of ether oxygens (including phenoxy) is 1. The van der Waals surface area contributed by atoms with Crippen LogP contribution >= 0.6 is 15.9 Å². The number of nitrogens with one attached hydrogen (secondary N) is 1. The summed E-state index contributed by atoms with van der Waals surface area (Å²) in [6, 6.07) is 18.4. The van der Waals surface area contributed by atoms with Crippen LogP contribution in [0.4, 0.5) is 11.4 Å². The highest BCUT2D eigenvalue weighted by Gasteiger charge is 2.38. The van der Waals surface area contributed by atoms with Gasteiger partial charge in [0.15, 0.2) is 0 Å². The Hall–Kier alpha value is -3.45. The number of fused-ring (bicyclic) bond motifs is 1.